The number of halogens is 1. The SMILES string of the molecule is CC1=C2C(Cl)N=CNN2CC1C(=O)c1ccccc1. The topological polar surface area (TPSA) is 44.7 Å². The highest BCUT2D eigenvalue weighted by Gasteiger charge is 2.37. The zero-order valence-corrected chi connectivity index (χ0v) is 11.3. The van der Waals surface area contributed by atoms with Crippen LogP contribution in [0.15, 0.2) is 46.6 Å². The van der Waals surface area contributed by atoms with E-state index < -0.39 is 5.50 Å². The van der Waals surface area contributed by atoms with Crippen molar-refractivity contribution in [3.8, 4) is 0 Å². The van der Waals surface area contributed by atoms with Gasteiger partial charge < -0.3 is 0 Å². The van der Waals surface area contributed by atoms with Gasteiger partial charge in [-0.05, 0) is 12.5 Å². The molecule has 0 spiro atoms. The van der Waals surface area contributed by atoms with E-state index in [-0.39, 0.29) is 11.7 Å². The van der Waals surface area contributed by atoms with Crippen LogP contribution in [0.1, 0.15) is 17.3 Å². The van der Waals surface area contributed by atoms with Gasteiger partial charge in [-0.25, -0.2) is 4.99 Å². The van der Waals surface area contributed by atoms with Crippen LogP contribution in [-0.2, 0) is 0 Å². The van der Waals surface area contributed by atoms with Gasteiger partial charge in [-0.3, -0.25) is 15.2 Å². The number of carbonyl (C=O) groups excluding carboxylic acids is 1. The number of benzene rings is 1. The molecule has 2 aliphatic heterocycles. The molecule has 0 aliphatic carbocycles. The summed E-state index contributed by atoms with van der Waals surface area (Å²) in [5, 5.41) is 1.91. The molecule has 2 aliphatic rings. The predicted molar refractivity (Wildman–Crippen MR) is 74.9 cm³/mol. The van der Waals surface area contributed by atoms with E-state index in [1.54, 1.807) is 6.34 Å². The van der Waals surface area contributed by atoms with Gasteiger partial charge in [-0.15, -0.1) is 0 Å². The molecule has 0 saturated carbocycles. The quantitative estimate of drug-likeness (QED) is 0.511. The predicted octanol–water partition coefficient (Wildman–Crippen LogP) is 2.19. The lowest BCUT2D eigenvalue weighted by Crippen LogP contribution is -2.41. The molecule has 2 unspecified atom stereocenters. The monoisotopic (exact) mass is 275 g/mol. The van der Waals surface area contributed by atoms with Crippen molar-refractivity contribution in [1.29, 1.82) is 0 Å². The molecule has 98 valence electrons. The van der Waals surface area contributed by atoms with Gasteiger partial charge in [-0.1, -0.05) is 41.9 Å². The van der Waals surface area contributed by atoms with Gasteiger partial charge in [-0.2, -0.15) is 0 Å². The van der Waals surface area contributed by atoms with Gasteiger partial charge in [0, 0.05) is 5.56 Å². The highest BCUT2D eigenvalue weighted by atomic mass is 35.5. The molecule has 2 heterocycles. The number of rotatable bonds is 2. The fraction of sp³-hybridized carbons (Fsp3) is 0.286. The lowest BCUT2D eigenvalue weighted by Gasteiger charge is -2.27. The lowest BCUT2D eigenvalue weighted by molar-refractivity contribution is 0.0928. The van der Waals surface area contributed by atoms with E-state index in [2.05, 4.69) is 10.4 Å². The number of ketones is 1. The number of hydrogen-bond acceptors (Lipinski definition) is 4. The van der Waals surface area contributed by atoms with E-state index in [0.717, 1.165) is 16.8 Å². The summed E-state index contributed by atoms with van der Waals surface area (Å²) in [4.78, 5) is 16.6. The molecular formula is C14H14ClN3O. The average molecular weight is 276 g/mol. The highest BCUT2D eigenvalue weighted by Crippen LogP contribution is 2.34. The number of nitrogens with one attached hydrogen (secondary N) is 1. The lowest BCUT2D eigenvalue weighted by atomic mass is 9.92. The van der Waals surface area contributed by atoms with E-state index in [1.807, 2.05) is 42.3 Å². The molecule has 4 nitrogen and oxygen atoms in total. The average Bonchev–Trinajstić information content (AvgIpc) is 2.78. The van der Waals surface area contributed by atoms with Crippen molar-refractivity contribution in [3.63, 3.8) is 0 Å². The third-order valence-electron chi connectivity index (χ3n) is 3.60. The molecule has 5 heteroatoms. The summed E-state index contributed by atoms with van der Waals surface area (Å²) < 4.78 is 0. The largest absolute Gasteiger partial charge is 0.293 e. The van der Waals surface area contributed by atoms with Crippen molar-refractivity contribution in [1.82, 2.24) is 10.4 Å². The smallest absolute Gasteiger partial charge is 0.171 e. The van der Waals surface area contributed by atoms with Crippen LogP contribution < -0.4 is 5.43 Å². The second-order valence-electron chi connectivity index (χ2n) is 4.70. The van der Waals surface area contributed by atoms with E-state index in [9.17, 15) is 4.79 Å². The maximum atomic E-state index is 12.5. The minimum absolute atomic E-state index is 0.130. The van der Waals surface area contributed by atoms with Crippen LogP contribution in [0.5, 0.6) is 0 Å². The number of nitrogens with zero attached hydrogens (tertiary/aromatic N) is 2. The first-order valence-electron chi connectivity index (χ1n) is 6.18. The van der Waals surface area contributed by atoms with Crippen molar-refractivity contribution in [2.24, 2.45) is 10.9 Å². The Balaban J connectivity index is 1.91. The zero-order chi connectivity index (χ0) is 13.4. The van der Waals surface area contributed by atoms with Gasteiger partial charge in [0.2, 0.25) is 0 Å². The number of alkyl halides is 1. The van der Waals surface area contributed by atoms with Gasteiger partial charge in [0.15, 0.2) is 11.3 Å². The molecule has 0 saturated heterocycles. The second kappa shape index (κ2) is 4.70. The Kier molecular flexibility index (Phi) is 3.03. The first kappa shape index (κ1) is 12.2. The summed E-state index contributed by atoms with van der Waals surface area (Å²) in [6, 6.07) is 9.36. The van der Waals surface area contributed by atoms with E-state index in [1.165, 1.54) is 0 Å². The highest BCUT2D eigenvalue weighted by molar-refractivity contribution is 6.22. The van der Waals surface area contributed by atoms with Gasteiger partial charge in [0.25, 0.3) is 0 Å². The first-order valence-corrected chi connectivity index (χ1v) is 6.61. The second-order valence-corrected chi connectivity index (χ2v) is 5.12. The molecule has 0 fully saturated rings. The van der Waals surface area contributed by atoms with Crippen molar-refractivity contribution >= 4 is 23.7 Å². The summed E-state index contributed by atoms with van der Waals surface area (Å²) in [6.07, 6.45) is 1.57. The summed E-state index contributed by atoms with van der Waals surface area (Å²) >= 11 is 6.18. The summed E-state index contributed by atoms with van der Waals surface area (Å²) in [6.45, 7) is 2.56. The Bertz CT molecular complexity index is 567. The Morgan fingerprint density at radius 1 is 1.42 bits per heavy atom. The summed E-state index contributed by atoms with van der Waals surface area (Å²) in [5.74, 6) is -0.0292. The third kappa shape index (κ3) is 2.02. The van der Waals surface area contributed by atoms with Crippen LogP contribution in [0.25, 0.3) is 0 Å². The zero-order valence-electron chi connectivity index (χ0n) is 10.5. The molecule has 1 aromatic carbocycles. The van der Waals surface area contributed by atoms with Gasteiger partial charge in [0.1, 0.15) is 6.34 Å². The molecule has 3 rings (SSSR count). The first-order chi connectivity index (χ1) is 9.18. The summed E-state index contributed by atoms with van der Waals surface area (Å²) in [5.41, 5.74) is 5.25. The number of hydrazine groups is 1. The molecule has 19 heavy (non-hydrogen) atoms. The number of carbonyl (C=O) groups is 1. The van der Waals surface area contributed by atoms with Crippen LogP contribution in [0.2, 0.25) is 0 Å². The minimum Gasteiger partial charge on any atom is -0.293 e. The molecule has 1 N–H and O–H groups in total. The van der Waals surface area contributed by atoms with Crippen molar-refractivity contribution in [2.75, 3.05) is 6.54 Å². The minimum atomic E-state index is -0.408. The molecule has 0 amide bonds. The Labute approximate surface area is 116 Å². The molecule has 0 aromatic heterocycles. The Morgan fingerprint density at radius 2 is 2.16 bits per heavy atom. The van der Waals surface area contributed by atoms with Crippen molar-refractivity contribution < 1.29 is 4.79 Å². The van der Waals surface area contributed by atoms with Crippen molar-refractivity contribution in [3.05, 3.63) is 47.2 Å². The van der Waals surface area contributed by atoms with E-state index in [0.29, 0.717) is 6.54 Å². The number of fused-ring (bicyclic) bond motifs is 1. The van der Waals surface area contributed by atoms with Crippen LogP contribution >= 0.6 is 11.6 Å². The fourth-order valence-electron chi connectivity index (χ4n) is 2.57. The van der Waals surface area contributed by atoms with Crippen LogP contribution in [0, 0.1) is 5.92 Å². The molecule has 2 atom stereocenters. The normalized spacial score (nSPS) is 25.3. The van der Waals surface area contributed by atoms with E-state index >= 15 is 0 Å². The molecular weight excluding hydrogens is 262 g/mol. The van der Waals surface area contributed by atoms with Crippen LogP contribution in [0.4, 0.5) is 0 Å². The van der Waals surface area contributed by atoms with Gasteiger partial charge >= 0.3 is 0 Å². The maximum Gasteiger partial charge on any atom is 0.171 e. The molecule has 1 aromatic rings. The van der Waals surface area contributed by atoms with Gasteiger partial charge in [0.05, 0.1) is 18.2 Å². The Morgan fingerprint density at radius 3 is 2.84 bits per heavy atom. The van der Waals surface area contributed by atoms with Crippen molar-refractivity contribution in [2.45, 2.75) is 12.4 Å². The molecule has 0 radical (unpaired) electrons. The standard InChI is InChI=1S/C14H14ClN3O/c1-9-11(13(19)10-5-3-2-4-6-10)7-18-12(9)14(15)16-8-17-18/h2-6,8,11,14H,7H2,1H3,(H,16,17). The Hall–Kier alpha value is -1.81. The van der Waals surface area contributed by atoms with E-state index in [4.69, 9.17) is 11.6 Å². The third-order valence-corrected chi connectivity index (χ3v) is 3.92. The number of hydrogen-bond donors (Lipinski definition) is 1. The molecule has 0 bridgehead atoms. The fourth-order valence-corrected chi connectivity index (χ4v) is 2.92. The maximum absolute atomic E-state index is 12.5. The van der Waals surface area contributed by atoms with Crippen LogP contribution in [-0.4, -0.2) is 29.2 Å². The number of aliphatic imine (C=N–C) groups is 1. The number of Topliss-reactive ketones (excluding diaryl/α,β-unsaturated/α-hetero) is 1. The van der Waals surface area contributed by atoms with Crippen LogP contribution in [0.3, 0.4) is 0 Å². The summed E-state index contributed by atoms with van der Waals surface area (Å²) in [7, 11) is 0.